The number of carbonyl (C=O) groups excluding carboxylic acids is 1. The molecule has 0 aliphatic carbocycles. The van der Waals surface area contributed by atoms with Crippen LogP contribution in [0.1, 0.15) is 23.7 Å². The van der Waals surface area contributed by atoms with Crippen molar-refractivity contribution in [3.63, 3.8) is 0 Å². The first kappa shape index (κ1) is 14.1. The summed E-state index contributed by atoms with van der Waals surface area (Å²) in [6.45, 7) is 2.09. The number of aliphatic hydroxyl groups is 1. The molecule has 1 N–H and O–H groups in total. The molecule has 0 aromatic heterocycles. The van der Waals surface area contributed by atoms with Gasteiger partial charge in [0.2, 0.25) is 0 Å². The van der Waals surface area contributed by atoms with E-state index in [0.717, 1.165) is 0 Å². The zero-order valence-electron chi connectivity index (χ0n) is 10.4. The van der Waals surface area contributed by atoms with Crippen LogP contribution in [-0.4, -0.2) is 40.5 Å². The maximum absolute atomic E-state index is 11.9. The molecule has 1 amide bonds. The second-order valence-corrected chi connectivity index (χ2v) is 4.17. The Morgan fingerprint density at radius 2 is 2.00 bits per heavy atom. The number of nitro groups is 1. The fraction of sp³-hybridized carbons (Fsp3) is 0.417. The molecule has 0 heterocycles. The Hall–Kier alpha value is -1.95. The van der Waals surface area contributed by atoms with E-state index in [0.29, 0.717) is 18.5 Å². The third kappa shape index (κ3) is 3.81. The van der Waals surface area contributed by atoms with Crippen LogP contribution in [0.15, 0.2) is 24.3 Å². The number of aliphatic hydroxyl groups excluding tert-OH is 1. The Balaban J connectivity index is 2.69. The summed E-state index contributed by atoms with van der Waals surface area (Å²) in [6, 6.07) is 5.46. The first-order valence-electron chi connectivity index (χ1n) is 5.60. The van der Waals surface area contributed by atoms with Gasteiger partial charge in [0.25, 0.3) is 11.6 Å². The zero-order chi connectivity index (χ0) is 13.7. The number of nitrogens with zero attached hydrogens (tertiary/aromatic N) is 2. The minimum absolute atomic E-state index is 0.0433. The number of rotatable bonds is 5. The number of amides is 1. The topological polar surface area (TPSA) is 83.7 Å². The van der Waals surface area contributed by atoms with Crippen LogP contribution in [0.25, 0.3) is 0 Å². The van der Waals surface area contributed by atoms with Crippen molar-refractivity contribution in [1.82, 2.24) is 4.90 Å². The van der Waals surface area contributed by atoms with Crippen LogP contribution in [-0.2, 0) is 0 Å². The van der Waals surface area contributed by atoms with E-state index < -0.39 is 11.0 Å². The highest BCUT2D eigenvalue weighted by molar-refractivity contribution is 5.94. The summed E-state index contributed by atoms with van der Waals surface area (Å²) in [5, 5.41) is 19.6. The summed E-state index contributed by atoms with van der Waals surface area (Å²) in [6.07, 6.45) is 0.0343. The first-order valence-corrected chi connectivity index (χ1v) is 5.60. The van der Waals surface area contributed by atoms with Gasteiger partial charge in [0.15, 0.2) is 0 Å². The summed E-state index contributed by atoms with van der Waals surface area (Å²) < 4.78 is 0. The number of non-ortho nitro benzene ring substituents is 1. The molecule has 0 aliphatic heterocycles. The highest BCUT2D eigenvalue weighted by Gasteiger charge is 2.13. The maximum Gasteiger partial charge on any atom is 0.269 e. The summed E-state index contributed by atoms with van der Waals surface area (Å²) in [7, 11) is 1.63. The summed E-state index contributed by atoms with van der Waals surface area (Å²) in [5.74, 6) is -0.217. The molecule has 0 spiro atoms. The van der Waals surface area contributed by atoms with Crippen molar-refractivity contribution >= 4 is 11.6 Å². The molecule has 0 saturated carbocycles. The predicted molar refractivity (Wildman–Crippen MR) is 66.4 cm³/mol. The van der Waals surface area contributed by atoms with E-state index in [1.165, 1.54) is 29.2 Å². The third-order valence-electron chi connectivity index (χ3n) is 2.55. The minimum Gasteiger partial charge on any atom is -0.393 e. The van der Waals surface area contributed by atoms with Crippen LogP contribution < -0.4 is 0 Å². The molecule has 0 radical (unpaired) electrons. The largest absolute Gasteiger partial charge is 0.393 e. The van der Waals surface area contributed by atoms with E-state index >= 15 is 0 Å². The molecule has 0 saturated heterocycles. The molecule has 0 fully saturated rings. The molecule has 0 aliphatic rings. The van der Waals surface area contributed by atoms with Crippen LogP contribution in [0.5, 0.6) is 0 Å². The molecular weight excluding hydrogens is 236 g/mol. The van der Waals surface area contributed by atoms with Gasteiger partial charge in [-0.05, 0) is 25.5 Å². The molecule has 1 aromatic rings. The van der Waals surface area contributed by atoms with Crippen LogP contribution in [0, 0.1) is 10.1 Å². The molecule has 6 nitrogen and oxygen atoms in total. The average molecular weight is 252 g/mol. The number of hydrogen-bond donors (Lipinski definition) is 1. The quantitative estimate of drug-likeness (QED) is 0.634. The van der Waals surface area contributed by atoms with Gasteiger partial charge in [0, 0.05) is 31.3 Å². The van der Waals surface area contributed by atoms with E-state index in [1.54, 1.807) is 14.0 Å². The molecule has 1 atom stereocenters. The van der Waals surface area contributed by atoms with Crippen molar-refractivity contribution < 1.29 is 14.8 Å². The molecule has 18 heavy (non-hydrogen) atoms. The Labute approximate surface area is 105 Å². The molecule has 98 valence electrons. The Morgan fingerprint density at radius 3 is 2.44 bits per heavy atom. The van der Waals surface area contributed by atoms with Crippen molar-refractivity contribution in [2.75, 3.05) is 13.6 Å². The second-order valence-electron chi connectivity index (χ2n) is 4.17. The van der Waals surface area contributed by atoms with Gasteiger partial charge in [0.05, 0.1) is 11.0 Å². The lowest BCUT2D eigenvalue weighted by Crippen LogP contribution is -2.29. The summed E-state index contributed by atoms with van der Waals surface area (Å²) in [4.78, 5) is 23.4. The molecular formula is C12H16N2O4. The lowest BCUT2D eigenvalue weighted by molar-refractivity contribution is -0.384. The van der Waals surface area contributed by atoms with Crippen LogP contribution in [0.3, 0.4) is 0 Å². The van der Waals surface area contributed by atoms with Gasteiger partial charge in [-0.15, -0.1) is 0 Å². The van der Waals surface area contributed by atoms with Gasteiger partial charge in [-0.25, -0.2) is 0 Å². The predicted octanol–water partition coefficient (Wildman–Crippen LogP) is 1.44. The van der Waals surface area contributed by atoms with Crippen molar-refractivity contribution in [2.24, 2.45) is 0 Å². The molecule has 1 unspecified atom stereocenters. The lowest BCUT2D eigenvalue weighted by atomic mass is 10.1. The monoisotopic (exact) mass is 252 g/mol. The van der Waals surface area contributed by atoms with E-state index in [4.69, 9.17) is 5.11 Å². The maximum atomic E-state index is 11.9. The number of benzene rings is 1. The third-order valence-corrected chi connectivity index (χ3v) is 2.55. The highest BCUT2D eigenvalue weighted by Crippen LogP contribution is 2.13. The smallest absolute Gasteiger partial charge is 0.269 e. The first-order chi connectivity index (χ1) is 8.41. The fourth-order valence-corrected chi connectivity index (χ4v) is 1.43. The normalized spacial score (nSPS) is 11.9. The average Bonchev–Trinajstić information content (AvgIpc) is 2.35. The van der Waals surface area contributed by atoms with Crippen LogP contribution in [0.4, 0.5) is 5.69 Å². The van der Waals surface area contributed by atoms with Gasteiger partial charge < -0.3 is 10.0 Å². The van der Waals surface area contributed by atoms with Crippen molar-refractivity contribution in [3.8, 4) is 0 Å². The molecule has 0 bridgehead atoms. The second kappa shape index (κ2) is 6.11. The van der Waals surface area contributed by atoms with E-state index in [-0.39, 0.29) is 11.6 Å². The fourth-order valence-electron chi connectivity index (χ4n) is 1.43. The standard InChI is InChI=1S/C12H16N2O4/c1-9(15)7-8-13(2)12(16)10-3-5-11(6-4-10)14(17)18/h3-6,9,15H,7-8H2,1-2H3. The summed E-state index contributed by atoms with van der Waals surface area (Å²) >= 11 is 0. The van der Waals surface area contributed by atoms with Gasteiger partial charge in [-0.3, -0.25) is 14.9 Å². The van der Waals surface area contributed by atoms with Crippen molar-refractivity contribution in [3.05, 3.63) is 39.9 Å². The zero-order valence-corrected chi connectivity index (χ0v) is 10.4. The van der Waals surface area contributed by atoms with Gasteiger partial charge in [0.1, 0.15) is 0 Å². The van der Waals surface area contributed by atoms with Crippen molar-refractivity contribution in [2.45, 2.75) is 19.4 Å². The van der Waals surface area contributed by atoms with E-state index in [1.807, 2.05) is 0 Å². The number of hydrogen-bond acceptors (Lipinski definition) is 4. The molecule has 6 heteroatoms. The SMILES string of the molecule is CC(O)CCN(C)C(=O)c1ccc([N+](=O)[O-])cc1. The lowest BCUT2D eigenvalue weighted by Gasteiger charge is -2.17. The summed E-state index contributed by atoms with van der Waals surface area (Å²) in [5.41, 5.74) is 0.354. The Kier molecular flexibility index (Phi) is 4.79. The van der Waals surface area contributed by atoms with Crippen molar-refractivity contribution in [1.29, 1.82) is 0 Å². The number of carbonyl (C=O) groups is 1. The highest BCUT2D eigenvalue weighted by atomic mass is 16.6. The molecule has 1 rings (SSSR count). The number of nitro benzene ring substituents is 1. The minimum atomic E-state index is -0.509. The van der Waals surface area contributed by atoms with Crippen LogP contribution >= 0.6 is 0 Å². The Bertz CT molecular complexity index is 428. The van der Waals surface area contributed by atoms with Crippen LogP contribution in [0.2, 0.25) is 0 Å². The van der Waals surface area contributed by atoms with Gasteiger partial charge in [-0.1, -0.05) is 0 Å². The van der Waals surface area contributed by atoms with Gasteiger partial charge >= 0.3 is 0 Å². The Morgan fingerprint density at radius 1 is 1.44 bits per heavy atom. The molecule has 1 aromatic carbocycles. The van der Waals surface area contributed by atoms with E-state index in [2.05, 4.69) is 0 Å². The van der Waals surface area contributed by atoms with Gasteiger partial charge in [-0.2, -0.15) is 0 Å². The van der Waals surface area contributed by atoms with E-state index in [9.17, 15) is 14.9 Å².